The van der Waals surface area contributed by atoms with Crippen LogP contribution in [-0.2, 0) is 23.1 Å². The van der Waals surface area contributed by atoms with Crippen LogP contribution in [0.2, 0.25) is 0 Å². The van der Waals surface area contributed by atoms with Crippen molar-refractivity contribution in [3.63, 3.8) is 0 Å². The summed E-state index contributed by atoms with van der Waals surface area (Å²) in [7, 11) is -3.53. The zero-order valence-corrected chi connectivity index (χ0v) is 11.8. The fourth-order valence-electron chi connectivity index (χ4n) is 2.21. The van der Waals surface area contributed by atoms with Gasteiger partial charge in [-0.3, -0.25) is 0 Å². The van der Waals surface area contributed by atoms with E-state index in [1.807, 2.05) is 4.57 Å². The fourth-order valence-corrected chi connectivity index (χ4v) is 3.68. The molecule has 0 radical (unpaired) electrons. The monoisotopic (exact) mass is 293 g/mol. The first-order chi connectivity index (χ1) is 9.48. The molecular weight excluding hydrogens is 278 g/mol. The number of aromatic nitrogens is 3. The van der Waals surface area contributed by atoms with Gasteiger partial charge in [-0.05, 0) is 30.7 Å². The molecule has 0 unspecified atom stereocenters. The van der Waals surface area contributed by atoms with Crippen molar-refractivity contribution < 1.29 is 8.42 Å². The molecule has 0 bridgehead atoms. The standard InChI is InChI=1S/C12H15N5O2S/c1-9-6-10(2-3-11(9)13)20(18,19)17-5-4-16-8-14-15-12(16)7-17/h2-3,6,8H,4-5,7,13H2,1H3. The van der Waals surface area contributed by atoms with Crippen molar-refractivity contribution in [1.82, 2.24) is 19.1 Å². The second kappa shape index (κ2) is 4.57. The minimum atomic E-state index is -3.53. The molecule has 0 amide bonds. The number of nitrogens with zero attached hydrogens (tertiary/aromatic N) is 4. The molecule has 2 N–H and O–H groups in total. The lowest BCUT2D eigenvalue weighted by Crippen LogP contribution is -2.38. The Labute approximate surface area is 117 Å². The van der Waals surface area contributed by atoms with Gasteiger partial charge in [0.2, 0.25) is 10.0 Å². The number of aryl methyl sites for hydroxylation is 1. The van der Waals surface area contributed by atoms with E-state index in [0.29, 0.717) is 24.6 Å². The smallest absolute Gasteiger partial charge is 0.243 e. The van der Waals surface area contributed by atoms with E-state index >= 15 is 0 Å². The Balaban J connectivity index is 1.95. The zero-order chi connectivity index (χ0) is 14.3. The van der Waals surface area contributed by atoms with Crippen molar-refractivity contribution in [3.05, 3.63) is 35.9 Å². The lowest BCUT2D eigenvalue weighted by molar-refractivity contribution is 0.335. The van der Waals surface area contributed by atoms with Crippen LogP contribution in [0, 0.1) is 6.92 Å². The zero-order valence-electron chi connectivity index (χ0n) is 11.0. The lowest BCUT2D eigenvalue weighted by Gasteiger charge is -2.26. The number of fused-ring (bicyclic) bond motifs is 1. The summed E-state index contributed by atoms with van der Waals surface area (Å²) in [6.45, 7) is 3.01. The van der Waals surface area contributed by atoms with Crippen LogP contribution in [0.25, 0.3) is 0 Å². The van der Waals surface area contributed by atoms with E-state index in [-0.39, 0.29) is 11.4 Å². The Morgan fingerprint density at radius 1 is 1.30 bits per heavy atom. The molecule has 2 aromatic rings. The van der Waals surface area contributed by atoms with Crippen LogP contribution >= 0.6 is 0 Å². The molecule has 1 aromatic heterocycles. The van der Waals surface area contributed by atoms with Gasteiger partial charge in [-0.2, -0.15) is 4.31 Å². The van der Waals surface area contributed by atoms with Gasteiger partial charge in [0.1, 0.15) is 12.2 Å². The Kier molecular flexibility index (Phi) is 2.98. The Bertz CT molecular complexity index is 753. The molecule has 7 nitrogen and oxygen atoms in total. The summed E-state index contributed by atoms with van der Waals surface area (Å²) < 4.78 is 28.5. The van der Waals surface area contributed by atoms with Gasteiger partial charge in [0.25, 0.3) is 0 Å². The summed E-state index contributed by atoms with van der Waals surface area (Å²) in [5.41, 5.74) is 7.07. The Morgan fingerprint density at radius 2 is 2.10 bits per heavy atom. The predicted molar refractivity (Wildman–Crippen MR) is 73.2 cm³/mol. The molecular formula is C12H15N5O2S. The second-order valence-electron chi connectivity index (χ2n) is 4.80. The highest BCUT2D eigenvalue weighted by Crippen LogP contribution is 2.23. The van der Waals surface area contributed by atoms with E-state index in [1.165, 1.54) is 10.4 Å². The minimum absolute atomic E-state index is 0.242. The lowest BCUT2D eigenvalue weighted by atomic mass is 10.2. The summed E-state index contributed by atoms with van der Waals surface area (Å²) in [6.07, 6.45) is 1.62. The van der Waals surface area contributed by atoms with Crippen LogP contribution in [0.3, 0.4) is 0 Å². The minimum Gasteiger partial charge on any atom is -0.399 e. The molecule has 1 aliphatic heterocycles. The summed E-state index contributed by atoms with van der Waals surface area (Å²) in [5.74, 6) is 0.659. The van der Waals surface area contributed by atoms with Gasteiger partial charge in [-0.25, -0.2) is 8.42 Å². The number of anilines is 1. The van der Waals surface area contributed by atoms with E-state index in [0.717, 1.165) is 5.56 Å². The normalized spacial score (nSPS) is 16.1. The third kappa shape index (κ3) is 2.06. The molecule has 20 heavy (non-hydrogen) atoms. The molecule has 106 valence electrons. The van der Waals surface area contributed by atoms with Gasteiger partial charge in [0.05, 0.1) is 11.4 Å². The van der Waals surface area contributed by atoms with Gasteiger partial charge in [0.15, 0.2) is 0 Å². The number of nitrogens with two attached hydrogens (primary N) is 1. The first kappa shape index (κ1) is 13.1. The molecule has 0 fully saturated rings. The topological polar surface area (TPSA) is 94.1 Å². The number of benzene rings is 1. The number of rotatable bonds is 2. The van der Waals surface area contributed by atoms with Gasteiger partial charge in [0, 0.05) is 18.8 Å². The number of nitrogen functional groups attached to an aromatic ring is 1. The SMILES string of the molecule is Cc1cc(S(=O)(=O)N2CCn3cnnc3C2)ccc1N. The number of sulfonamides is 1. The van der Waals surface area contributed by atoms with Gasteiger partial charge < -0.3 is 10.3 Å². The van der Waals surface area contributed by atoms with Crippen molar-refractivity contribution in [2.24, 2.45) is 0 Å². The van der Waals surface area contributed by atoms with Crippen molar-refractivity contribution in [2.75, 3.05) is 12.3 Å². The van der Waals surface area contributed by atoms with Crippen LogP contribution in [0.1, 0.15) is 11.4 Å². The quantitative estimate of drug-likeness (QED) is 0.807. The molecule has 2 heterocycles. The highest BCUT2D eigenvalue weighted by molar-refractivity contribution is 7.89. The summed E-state index contributed by atoms with van der Waals surface area (Å²) >= 11 is 0. The second-order valence-corrected chi connectivity index (χ2v) is 6.74. The van der Waals surface area contributed by atoms with Crippen LogP contribution in [0.5, 0.6) is 0 Å². The molecule has 0 aliphatic carbocycles. The summed E-state index contributed by atoms with van der Waals surface area (Å²) in [4.78, 5) is 0.261. The highest BCUT2D eigenvalue weighted by Gasteiger charge is 2.29. The van der Waals surface area contributed by atoms with Crippen LogP contribution in [-0.4, -0.2) is 34.0 Å². The van der Waals surface area contributed by atoms with Crippen LogP contribution in [0.15, 0.2) is 29.4 Å². The van der Waals surface area contributed by atoms with Crippen LogP contribution < -0.4 is 5.73 Å². The van der Waals surface area contributed by atoms with Gasteiger partial charge in [-0.15, -0.1) is 10.2 Å². The molecule has 0 spiro atoms. The molecule has 1 aliphatic rings. The highest BCUT2D eigenvalue weighted by atomic mass is 32.2. The Morgan fingerprint density at radius 3 is 2.85 bits per heavy atom. The molecule has 0 saturated carbocycles. The molecule has 8 heteroatoms. The molecule has 0 saturated heterocycles. The van der Waals surface area contributed by atoms with E-state index in [1.54, 1.807) is 25.4 Å². The average molecular weight is 293 g/mol. The fraction of sp³-hybridized carbons (Fsp3) is 0.333. The molecule has 1 aromatic carbocycles. The first-order valence-electron chi connectivity index (χ1n) is 6.21. The maximum absolute atomic E-state index is 12.6. The largest absolute Gasteiger partial charge is 0.399 e. The predicted octanol–water partition coefficient (Wildman–Crippen LogP) is 0.373. The average Bonchev–Trinajstić information content (AvgIpc) is 2.89. The number of hydrogen-bond donors (Lipinski definition) is 1. The molecule has 3 rings (SSSR count). The van der Waals surface area contributed by atoms with E-state index in [2.05, 4.69) is 10.2 Å². The van der Waals surface area contributed by atoms with E-state index in [9.17, 15) is 8.42 Å². The van der Waals surface area contributed by atoms with Crippen molar-refractivity contribution >= 4 is 15.7 Å². The first-order valence-corrected chi connectivity index (χ1v) is 7.65. The van der Waals surface area contributed by atoms with E-state index in [4.69, 9.17) is 5.73 Å². The van der Waals surface area contributed by atoms with Gasteiger partial charge >= 0.3 is 0 Å². The maximum atomic E-state index is 12.6. The molecule has 0 atom stereocenters. The van der Waals surface area contributed by atoms with Crippen molar-refractivity contribution in [2.45, 2.75) is 24.9 Å². The van der Waals surface area contributed by atoms with Gasteiger partial charge in [-0.1, -0.05) is 0 Å². The maximum Gasteiger partial charge on any atom is 0.243 e. The summed E-state index contributed by atoms with van der Waals surface area (Å²) in [5, 5.41) is 7.73. The van der Waals surface area contributed by atoms with E-state index < -0.39 is 10.0 Å². The van der Waals surface area contributed by atoms with Crippen molar-refractivity contribution in [3.8, 4) is 0 Å². The van der Waals surface area contributed by atoms with Crippen LogP contribution in [0.4, 0.5) is 5.69 Å². The summed E-state index contributed by atoms with van der Waals surface area (Å²) in [6, 6.07) is 4.76. The third-order valence-corrected chi connectivity index (χ3v) is 5.32. The Hall–Kier alpha value is -1.93. The number of hydrogen-bond acceptors (Lipinski definition) is 5. The van der Waals surface area contributed by atoms with Crippen molar-refractivity contribution in [1.29, 1.82) is 0 Å². The third-order valence-electron chi connectivity index (χ3n) is 3.48.